The van der Waals surface area contributed by atoms with E-state index in [0.29, 0.717) is 19.0 Å². The standard InChI is InChI=1S/C15H19N3O3/c1-2-12-10-14(18-17-12)16-15(19)11-20-8-9-21-13-6-4-3-5-7-13/h3-7,10H,2,8-9,11H2,1H3,(H2,16,17,18,19). The zero-order chi connectivity index (χ0) is 14.9. The van der Waals surface area contributed by atoms with Gasteiger partial charge >= 0.3 is 0 Å². The summed E-state index contributed by atoms with van der Waals surface area (Å²) in [7, 11) is 0. The number of nitrogens with zero attached hydrogens (tertiary/aromatic N) is 1. The molecule has 6 nitrogen and oxygen atoms in total. The number of H-pyrrole nitrogens is 1. The Hall–Kier alpha value is -2.34. The second-order valence-electron chi connectivity index (χ2n) is 4.39. The number of aromatic nitrogens is 2. The summed E-state index contributed by atoms with van der Waals surface area (Å²) >= 11 is 0. The molecule has 0 aliphatic rings. The van der Waals surface area contributed by atoms with Crippen molar-refractivity contribution in [2.75, 3.05) is 25.1 Å². The molecular formula is C15H19N3O3. The first-order valence-electron chi connectivity index (χ1n) is 6.87. The minimum atomic E-state index is -0.233. The van der Waals surface area contributed by atoms with Crippen molar-refractivity contribution in [3.05, 3.63) is 42.1 Å². The number of hydrogen-bond donors (Lipinski definition) is 2. The molecular weight excluding hydrogens is 270 g/mol. The number of aryl methyl sites for hydroxylation is 1. The number of carbonyl (C=O) groups excluding carboxylic acids is 1. The molecule has 1 aromatic heterocycles. The van der Waals surface area contributed by atoms with E-state index in [2.05, 4.69) is 15.5 Å². The molecule has 0 spiro atoms. The van der Waals surface area contributed by atoms with Crippen molar-refractivity contribution < 1.29 is 14.3 Å². The van der Waals surface area contributed by atoms with E-state index >= 15 is 0 Å². The summed E-state index contributed by atoms with van der Waals surface area (Å²) in [6.07, 6.45) is 0.843. The molecule has 6 heteroatoms. The molecule has 1 heterocycles. The maximum atomic E-state index is 11.6. The van der Waals surface area contributed by atoms with Crippen LogP contribution in [0.25, 0.3) is 0 Å². The van der Waals surface area contributed by atoms with Crippen LogP contribution in [0.15, 0.2) is 36.4 Å². The SMILES string of the molecule is CCc1cc(NC(=O)COCCOc2ccccc2)n[nH]1. The van der Waals surface area contributed by atoms with Crippen LogP contribution >= 0.6 is 0 Å². The topological polar surface area (TPSA) is 76.2 Å². The van der Waals surface area contributed by atoms with Crippen molar-refractivity contribution in [2.45, 2.75) is 13.3 Å². The number of anilines is 1. The van der Waals surface area contributed by atoms with E-state index in [1.165, 1.54) is 0 Å². The van der Waals surface area contributed by atoms with Crippen LogP contribution in [0, 0.1) is 0 Å². The first-order valence-corrected chi connectivity index (χ1v) is 6.87. The number of nitrogens with one attached hydrogen (secondary N) is 2. The highest BCUT2D eigenvalue weighted by Crippen LogP contribution is 2.08. The van der Waals surface area contributed by atoms with Crippen molar-refractivity contribution in [2.24, 2.45) is 0 Å². The normalized spacial score (nSPS) is 10.3. The number of rotatable bonds is 8. The molecule has 0 fully saturated rings. The molecule has 0 saturated heterocycles. The number of ether oxygens (including phenoxy) is 2. The van der Waals surface area contributed by atoms with E-state index < -0.39 is 0 Å². The van der Waals surface area contributed by atoms with Crippen LogP contribution in [0.5, 0.6) is 5.75 Å². The molecule has 2 rings (SSSR count). The summed E-state index contributed by atoms with van der Waals surface area (Å²) in [5, 5.41) is 9.46. The Kier molecular flexibility index (Phi) is 5.78. The Balaban J connectivity index is 1.59. The summed E-state index contributed by atoms with van der Waals surface area (Å²) in [5.41, 5.74) is 0.975. The van der Waals surface area contributed by atoms with Gasteiger partial charge in [0.05, 0.1) is 6.61 Å². The molecule has 0 saturated carbocycles. The average Bonchev–Trinajstić information content (AvgIpc) is 2.95. The van der Waals surface area contributed by atoms with Crippen molar-refractivity contribution in [3.8, 4) is 5.75 Å². The zero-order valence-corrected chi connectivity index (χ0v) is 12.0. The van der Waals surface area contributed by atoms with Gasteiger partial charge in [-0.05, 0) is 18.6 Å². The van der Waals surface area contributed by atoms with E-state index in [9.17, 15) is 4.79 Å². The van der Waals surface area contributed by atoms with Crippen molar-refractivity contribution in [1.29, 1.82) is 0 Å². The lowest BCUT2D eigenvalue weighted by atomic mass is 10.3. The number of carbonyl (C=O) groups is 1. The molecule has 21 heavy (non-hydrogen) atoms. The molecule has 0 bridgehead atoms. The monoisotopic (exact) mass is 289 g/mol. The smallest absolute Gasteiger partial charge is 0.251 e. The van der Waals surface area contributed by atoms with E-state index in [-0.39, 0.29) is 12.5 Å². The Morgan fingerprint density at radius 1 is 1.29 bits per heavy atom. The van der Waals surface area contributed by atoms with Gasteiger partial charge in [-0.2, -0.15) is 5.10 Å². The number of para-hydroxylation sites is 1. The maximum absolute atomic E-state index is 11.6. The van der Waals surface area contributed by atoms with Crippen LogP contribution in [0.3, 0.4) is 0 Å². The molecule has 2 N–H and O–H groups in total. The lowest BCUT2D eigenvalue weighted by Crippen LogP contribution is -2.20. The van der Waals surface area contributed by atoms with E-state index in [0.717, 1.165) is 17.9 Å². The van der Waals surface area contributed by atoms with Gasteiger partial charge in [0.1, 0.15) is 19.0 Å². The highest BCUT2D eigenvalue weighted by molar-refractivity contribution is 5.90. The van der Waals surface area contributed by atoms with Gasteiger partial charge in [0.15, 0.2) is 5.82 Å². The van der Waals surface area contributed by atoms with Gasteiger partial charge in [0.2, 0.25) is 0 Å². The minimum absolute atomic E-state index is 0.0214. The zero-order valence-electron chi connectivity index (χ0n) is 12.0. The Bertz CT molecular complexity index is 554. The molecule has 0 atom stereocenters. The van der Waals surface area contributed by atoms with Crippen molar-refractivity contribution >= 4 is 11.7 Å². The van der Waals surface area contributed by atoms with Gasteiger partial charge in [-0.1, -0.05) is 25.1 Å². The van der Waals surface area contributed by atoms with Crippen LogP contribution in [-0.2, 0) is 16.0 Å². The fraction of sp³-hybridized carbons (Fsp3) is 0.333. The van der Waals surface area contributed by atoms with Crippen LogP contribution in [0.1, 0.15) is 12.6 Å². The third kappa shape index (κ3) is 5.27. The molecule has 0 aliphatic heterocycles. The molecule has 1 amide bonds. The second kappa shape index (κ2) is 8.06. The number of hydrogen-bond acceptors (Lipinski definition) is 4. The predicted octanol–water partition coefficient (Wildman–Crippen LogP) is 2.01. The largest absolute Gasteiger partial charge is 0.491 e. The third-order valence-corrected chi connectivity index (χ3v) is 2.75. The second-order valence-corrected chi connectivity index (χ2v) is 4.39. The minimum Gasteiger partial charge on any atom is -0.491 e. The van der Waals surface area contributed by atoms with Crippen molar-refractivity contribution in [1.82, 2.24) is 10.2 Å². The fourth-order valence-electron chi connectivity index (χ4n) is 1.69. The molecule has 1 aromatic carbocycles. The maximum Gasteiger partial charge on any atom is 0.251 e. The van der Waals surface area contributed by atoms with E-state index in [1.54, 1.807) is 6.07 Å². The fourth-order valence-corrected chi connectivity index (χ4v) is 1.69. The van der Waals surface area contributed by atoms with Gasteiger partial charge in [0.25, 0.3) is 5.91 Å². The third-order valence-electron chi connectivity index (χ3n) is 2.75. The van der Waals surface area contributed by atoms with Gasteiger partial charge in [-0.15, -0.1) is 0 Å². The Morgan fingerprint density at radius 2 is 2.10 bits per heavy atom. The van der Waals surface area contributed by atoms with Gasteiger partial charge in [-0.3, -0.25) is 9.89 Å². The van der Waals surface area contributed by atoms with Crippen LogP contribution < -0.4 is 10.1 Å². The number of aromatic amines is 1. The van der Waals surface area contributed by atoms with E-state index in [1.807, 2.05) is 37.3 Å². The summed E-state index contributed by atoms with van der Waals surface area (Å²) < 4.78 is 10.7. The number of benzene rings is 1. The Labute approximate surface area is 123 Å². The van der Waals surface area contributed by atoms with Crippen LogP contribution in [0.4, 0.5) is 5.82 Å². The highest BCUT2D eigenvalue weighted by Gasteiger charge is 2.05. The molecule has 0 unspecified atom stereocenters. The van der Waals surface area contributed by atoms with Gasteiger partial charge in [0, 0.05) is 11.8 Å². The van der Waals surface area contributed by atoms with Gasteiger partial charge in [-0.25, -0.2) is 0 Å². The Morgan fingerprint density at radius 3 is 2.81 bits per heavy atom. The lowest BCUT2D eigenvalue weighted by Gasteiger charge is -2.06. The number of amides is 1. The van der Waals surface area contributed by atoms with Crippen LogP contribution in [0.2, 0.25) is 0 Å². The quantitative estimate of drug-likeness (QED) is 0.729. The van der Waals surface area contributed by atoms with Crippen LogP contribution in [-0.4, -0.2) is 35.9 Å². The molecule has 2 aromatic rings. The summed E-state index contributed by atoms with van der Waals surface area (Å²) in [6, 6.07) is 11.3. The summed E-state index contributed by atoms with van der Waals surface area (Å²) in [4.78, 5) is 11.6. The molecule has 112 valence electrons. The average molecular weight is 289 g/mol. The van der Waals surface area contributed by atoms with Gasteiger partial charge < -0.3 is 14.8 Å². The first kappa shape index (κ1) is 15.1. The molecule has 0 aliphatic carbocycles. The summed E-state index contributed by atoms with van der Waals surface area (Å²) in [6.45, 7) is 2.74. The van der Waals surface area contributed by atoms with E-state index in [4.69, 9.17) is 9.47 Å². The van der Waals surface area contributed by atoms with Crippen molar-refractivity contribution in [3.63, 3.8) is 0 Å². The lowest BCUT2D eigenvalue weighted by molar-refractivity contribution is -0.120. The first-order chi connectivity index (χ1) is 10.3. The highest BCUT2D eigenvalue weighted by atomic mass is 16.5. The predicted molar refractivity (Wildman–Crippen MR) is 79.4 cm³/mol. The molecule has 0 radical (unpaired) electrons. The summed E-state index contributed by atoms with van der Waals surface area (Å²) in [5.74, 6) is 1.07.